The molecular formula is C23H21N5O4. The van der Waals surface area contributed by atoms with Crippen molar-refractivity contribution in [3.63, 3.8) is 0 Å². The van der Waals surface area contributed by atoms with Crippen LogP contribution in [0.2, 0.25) is 0 Å². The molecule has 32 heavy (non-hydrogen) atoms. The van der Waals surface area contributed by atoms with Crippen LogP contribution < -0.4 is 15.5 Å². The number of nitro groups is 1. The fourth-order valence-corrected chi connectivity index (χ4v) is 3.60. The van der Waals surface area contributed by atoms with Crippen molar-refractivity contribution >= 4 is 34.7 Å². The molecule has 0 unspecified atom stereocenters. The first kappa shape index (κ1) is 21.0. The van der Waals surface area contributed by atoms with Gasteiger partial charge in [0.1, 0.15) is 11.5 Å². The summed E-state index contributed by atoms with van der Waals surface area (Å²) in [5, 5.41) is 17.0. The predicted octanol–water partition coefficient (Wildman–Crippen LogP) is 4.09. The number of hydrogen-bond donors (Lipinski definition) is 2. The zero-order valence-corrected chi connectivity index (χ0v) is 17.2. The molecule has 0 atom stereocenters. The monoisotopic (exact) mass is 431 g/mol. The third-order valence-corrected chi connectivity index (χ3v) is 5.17. The van der Waals surface area contributed by atoms with Crippen LogP contribution in [0.5, 0.6) is 0 Å². The molecule has 9 nitrogen and oxygen atoms in total. The molecule has 1 aliphatic rings. The van der Waals surface area contributed by atoms with Gasteiger partial charge in [0.05, 0.1) is 4.92 Å². The molecule has 3 aromatic rings. The van der Waals surface area contributed by atoms with Crippen LogP contribution in [0.1, 0.15) is 33.6 Å². The van der Waals surface area contributed by atoms with Crippen molar-refractivity contribution in [2.24, 2.45) is 0 Å². The molecular weight excluding hydrogens is 410 g/mol. The second-order valence-corrected chi connectivity index (χ2v) is 7.36. The van der Waals surface area contributed by atoms with Crippen molar-refractivity contribution in [3.8, 4) is 0 Å². The molecule has 2 N–H and O–H groups in total. The van der Waals surface area contributed by atoms with Gasteiger partial charge >= 0.3 is 0 Å². The zero-order valence-electron chi connectivity index (χ0n) is 17.2. The normalized spacial score (nSPS) is 12.9. The van der Waals surface area contributed by atoms with Crippen LogP contribution in [-0.4, -0.2) is 34.8 Å². The number of hydrogen-bond acceptors (Lipinski definition) is 6. The van der Waals surface area contributed by atoms with Gasteiger partial charge in [0.15, 0.2) is 0 Å². The molecule has 162 valence electrons. The Bertz CT molecular complexity index is 1160. The van der Waals surface area contributed by atoms with E-state index < -0.39 is 10.8 Å². The highest BCUT2D eigenvalue weighted by Gasteiger charge is 2.24. The van der Waals surface area contributed by atoms with Crippen molar-refractivity contribution in [2.75, 3.05) is 28.6 Å². The SMILES string of the molecule is O=C(Nc1cccc(C(=O)Nc2ccccn2)c1)c1ccc(N2CCCC2)c([N+](=O)[O-])c1. The van der Waals surface area contributed by atoms with Crippen molar-refractivity contribution < 1.29 is 14.5 Å². The number of rotatable bonds is 6. The minimum Gasteiger partial charge on any atom is -0.366 e. The molecule has 2 amide bonds. The lowest BCUT2D eigenvalue weighted by Crippen LogP contribution is -2.20. The van der Waals surface area contributed by atoms with Crippen LogP contribution in [-0.2, 0) is 0 Å². The average Bonchev–Trinajstić information content (AvgIpc) is 3.34. The number of benzene rings is 2. The van der Waals surface area contributed by atoms with E-state index in [-0.39, 0.29) is 17.2 Å². The standard InChI is InChI=1S/C23H21N5O4/c29-22(17-9-10-19(20(15-17)28(31)32)27-12-3-4-13-27)25-18-7-5-6-16(14-18)23(30)26-21-8-1-2-11-24-21/h1-2,5-11,14-15H,3-4,12-13H2,(H,25,29)(H,24,26,30). The summed E-state index contributed by atoms with van der Waals surface area (Å²) in [6.07, 6.45) is 3.55. The summed E-state index contributed by atoms with van der Waals surface area (Å²) in [5.74, 6) is -0.453. The molecule has 4 rings (SSSR count). The number of carbonyl (C=O) groups is 2. The maximum absolute atomic E-state index is 12.7. The van der Waals surface area contributed by atoms with E-state index in [1.807, 2.05) is 4.90 Å². The Balaban J connectivity index is 1.50. The van der Waals surface area contributed by atoms with Crippen LogP contribution >= 0.6 is 0 Å². The van der Waals surface area contributed by atoms with Crippen LogP contribution in [0.3, 0.4) is 0 Å². The first-order valence-electron chi connectivity index (χ1n) is 10.2. The second-order valence-electron chi connectivity index (χ2n) is 7.36. The van der Waals surface area contributed by atoms with E-state index in [0.717, 1.165) is 25.9 Å². The maximum Gasteiger partial charge on any atom is 0.293 e. The van der Waals surface area contributed by atoms with Gasteiger partial charge in [-0.15, -0.1) is 0 Å². The highest BCUT2D eigenvalue weighted by Crippen LogP contribution is 2.32. The van der Waals surface area contributed by atoms with Gasteiger partial charge in [0, 0.05) is 42.2 Å². The van der Waals surface area contributed by atoms with Gasteiger partial charge in [-0.1, -0.05) is 12.1 Å². The lowest BCUT2D eigenvalue weighted by Gasteiger charge is -2.17. The van der Waals surface area contributed by atoms with E-state index in [1.54, 1.807) is 54.7 Å². The number of carbonyl (C=O) groups excluding carboxylic acids is 2. The van der Waals surface area contributed by atoms with E-state index in [2.05, 4.69) is 15.6 Å². The molecule has 1 saturated heterocycles. The molecule has 0 spiro atoms. The molecule has 0 bridgehead atoms. The summed E-state index contributed by atoms with van der Waals surface area (Å²) >= 11 is 0. The average molecular weight is 431 g/mol. The Morgan fingerprint density at radius 3 is 2.38 bits per heavy atom. The van der Waals surface area contributed by atoms with E-state index in [4.69, 9.17) is 0 Å². The quantitative estimate of drug-likeness (QED) is 0.448. The van der Waals surface area contributed by atoms with Crippen molar-refractivity contribution in [3.05, 3.63) is 88.1 Å². The molecule has 2 aromatic carbocycles. The van der Waals surface area contributed by atoms with E-state index in [1.165, 1.54) is 12.1 Å². The summed E-state index contributed by atoms with van der Waals surface area (Å²) in [7, 11) is 0. The second kappa shape index (κ2) is 9.25. The number of pyridine rings is 1. The lowest BCUT2D eigenvalue weighted by atomic mass is 10.1. The van der Waals surface area contributed by atoms with Gasteiger partial charge in [-0.3, -0.25) is 19.7 Å². The third-order valence-electron chi connectivity index (χ3n) is 5.17. The number of nitrogens with zero attached hydrogens (tertiary/aromatic N) is 3. The summed E-state index contributed by atoms with van der Waals surface area (Å²) in [6, 6.07) is 16.1. The molecule has 0 aliphatic carbocycles. The predicted molar refractivity (Wildman–Crippen MR) is 121 cm³/mol. The molecule has 1 fully saturated rings. The van der Waals surface area contributed by atoms with Crippen LogP contribution in [0.15, 0.2) is 66.9 Å². The van der Waals surface area contributed by atoms with Crippen LogP contribution in [0.25, 0.3) is 0 Å². The Morgan fingerprint density at radius 1 is 0.906 bits per heavy atom. The molecule has 2 heterocycles. The number of amides is 2. The van der Waals surface area contributed by atoms with Gasteiger partial charge in [0.2, 0.25) is 0 Å². The van der Waals surface area contributed by atoms with E-state index >= 15 is 0 Å². The molecule has 9 heteroatoms. The van der Waals surface area contributed by atoms with Gasteiger partial charge < -0.3 is 15.5 Å². The van der Waals surface area contributed by atoms with Gasteiger partial charge in [0.25, 0.3) is 17.5 Å². The highest BCUT2D eigenvalue weighted by atomic mass is 16.6. The first-order chi connectivity index (χ1) is 15.5. The summed E-state index contributed by atoms with van der Waals surface area (Å²) in [4.78, 5) is 42.3. The largest absolute Gasteiger partial charge is 0.366 e. The maximum atomic E-state index is 12.7. The summed E-state index contributed by atoms with van der Waals surface area (Å²) < 4.78 is 0. The Morgan fingerprint density at radius 2 is 1.66 bits per heavy atom. The Hall–Kier alpha value is -4.27. The lowest BCUT2D eigenvalue weighted by molar-refractivity contribution is -0.384. The highest BCUT2D eigenvalue weighted by molar-refractivity contribution is 6.07. The van der Waals surface area contributed by atoms with Gasteiger partial charge in [-0.2, -0.15) is 0 Å². The third kappa shape index (κ3) is 4.72. The van der Waals surface area contributed by atoms with Crippen molar-refractivity contribution in [2.45, 2.75) is 12.8 Å². The topological polar surface area (TPSA) is 117 Å². The minimum absolute atomic E-state index is 0.0944. The Kier molecular flexibility index (Phi) is 6.07. The Labute approximate surface area is 184 Å². The molecule has 0 radical (unpaired) electrons. The van der Waals surface area contributed by atoms with Gasteiger partial charge in [-0.25, -0.2) is 4.98 Å². The molecule has 1 aliphatic heterocycles. The van der Waals surface area contributed by atoms with Crippen molar-refractivity contribution in [1.82, 2.24) is 4.98 Å². The first-order valence-corrected chi connectivity index (χ1v) is 10.2. The van der Waals surface area contributed by atoms with Crippen LogP contribution in [0.4, 0.5) is 22.9 Å². The fraction of sp³-hybridized carbons (Fsp3) is 0.174. The van der Waals surface area contributed by atoms with Gasteiger partial charge in [-0.05, 0) is 55.3 Å². The summed E-state index contributed by atoms with van der Waals surface area (Å²) in [6.45, 7) is 1.53. The number of nitro benzene ring substituents is 1. The number of aromatic nitrogens is 1. The van der Waals surface area contributed by atoms with Crippen molar-refractivity contribution in [1.29, 1.82) is 0 Å². The molecule has 1 aromatic heterocycles. The van der Waals surface area contributed by atoms with E-state index in [9.17, 15) is 19.7 Å². The number of anilines is 3. The summed E-state index contributed by atoms with van der Waals surface area (Å²) in [5.41, 5.74) is 1.34. The molecule has 0 saturated carbocycles. The number of nitrogens with one attached hydrogen (secondary N) is 2. The fourth-order valence-electron chi connectivity index (χ4n) is 3.60. The van der Waals surface area contributed by atoms with E-state index in [0.29, 0.717) is 22.8 Å². The zero-order chi connectivity index (χ0) is 22.5. The smallest absolute Gasteiger partial charge is 0.293 e. The minimum atomic E-state index is -0.497. The van der Waals surface area contributed by atoms with Crippen LogP contribution in [0, 0.1) is 10.1 Å².